The molecule has 1 atom stereocenters. The molecule has 1 aliphatic carbocycles. The van der Waals surface area contributed by atoms with Gasteiger partial charge in [-0.05, 0) is 39.0 Å². The van der Waals surface area contributed by atoms with Gasteiger partial charge in [0.15, 0.2) is 0 Å². The number of carbonyl (C=O) groups is 1. The highest BCUT2D eigenvalue weighted by atomic mass is 16.1. The molecule has 1 unspecified atom stereocenters. The molecule has 0 aliphatic heterocycles. The van der Waals surface area contributed by atoms with Crippen molar-refractivity contribution in [1.29, 1.82) is 0 Å². The van der Waals surface area contributed by atoms with E-state index >= 15 is 0 Å². The van der Waals surface area contributed by atoms with Gasteiger partial charge in [0.2, 0.25) is 5.91 Å². The van der Waals surface area contributed by atoms with Crippen LogP contribution >= 0.6 is 0 Å². The number of amides is 1. The average molecular weight is 207 g/mol. The highest BCUT2D eigenvalue weighted by Crippen LogP contribution is 2.28. The van der Waals surface area contributed by atoms with E-state index in [1.165, 1.54) is 24.0 Å². The molecule has 0 saturated carbocycles. The Kier molecular flexibility index (Phi) is 4.60. The molecule has 0 heterocycles. The maximum atomic E-state index is 10.7. The van der Waals surface area contributed by atoms with Crippen LogP contribution in [0.3, 0.4) is 0 Å². The van der Waals surface area contributed by atoms with Crippen LogP contribution in [-0.4, -0.2) is 12.5 Å². The molecular weight excluding hydrogens is 186 g/mol. The van der Waals surface area contributed by atoms with Crippen LogP contribution in [0.5, 0.6) is 0 Å². The lowest BCUT2D eigenvalue weighted by Gasteiger charge is -2.21. The average Bonchev–Trinajstić information content (AvgIpc) is 2.18. The van der Waals surface area contributed by atoms with Crippen molar-refractivity contribution < 1.29 is 4.79 Å². The maximum Gasteiger partial charge on any atom is 0.217 e. The van der Waals surface area contributed by atoms with Gasteiger partial charge in [-0.3, -0.25) is 4.79 Å². The fourth-order valence-corrected chi connectivity index (χ4v) is 1.90. The van der Waals surface area contributed by atoms with Gasteiger partial charge in [0.25, 0.3) is 0 Å². The lowest BCUT2D eigenvalue weighted by molar-refractivity contribution is -0.118. The van der Waals surface area contributed by atoms with Crippen LogP contribution in [0.25, 0.3) is 0 Å². The largest absolute Gasteiger partial charge is 0.353 e. The van der Waals surface area contributed by atoms with Crippen molar-refractivity contribution in [3.63, 3.8) is 0 Å². The molecule has 84 valence electrons. The van der Waals surface area contributed by atoms with E-state index in [4.69, 9.17) is 0 Å². The molecule has 1 rings (SSSR count). The summed E-state index contributed by atoms with van der Waals surface area (Å²) in [5.41, 5.74) is 2.92. The molecule has 1 aliphatic rings. The molecule has 1 amide bonds. The fraction of sp³-hybridized carbons (Fsp3) is 0.615. The first-order chi connectivity index (χ1) is 7.09. The number of hydrogen-bond donors (Lipinski definition) is 1. The van der Waals surface area contributed by atoms with Gasteiger partial charge in [-0.25, -0.2) is 0 Å². The molecule has 2 heteroatoms. The van der Waals surface area contributed by atoms with Gasteiger partial charge in [0.05, 0.1) is 0 Å². The molecule has 0 spiro atoms. The van der Waals surface area contributed by atoms with Gasteiger partial charge in [0, 0.05) is 13.5 Å². The second-order valence-electron chi connectivity index (χ2n) is 4.41. The fourth-order valence-electron chi connectivity index (χ4n) is 1.90. The van der Waals surface area contributed by atoms with E-state index in [1.807, 2.05) is 0 Å². The molecule has 2 nitrogen and oxygen atoms in total. The van der Waals surface area contributed by atoms with Gasteiger partial charge in [-0.2, -0.15) is 0 Å². The van der Waals surface area contributed by atoms with Crippen molar-refractivity contribution in [1.82, 2.24) is 5.32 Å². The monoisotopic (exact) mass is 207 g/mol. The molecule has 0 bridgehead atoms. The zero-order valence-electron chi connectivity index (χ0n) is 9.97. The molecule has 15 heavy (non-hydrogen) atoms. The van der Waals surface area contributed by atoms with E-state index in [0.29, 0.717) is 12.5 Å². The van der Waals surface area contributed by atoms with Crippen molar-refractivity contribution in [2.24, 2.45) is 5.92 Å². The van der Waals surface area contributed by atoms with Crippen LogP contribution in [0.1, 0.15) is 40.0 Å². The molecule has 1 N–H and O–H groups in total. The zero-order valence-corrected chi connectivity index (χ0v) is 9.97. The molecular formula is C13H21NO. The Morgan fingerprint density at radius 1 is 1.60 bits per heavy atom. The maximum absolute atomic E-state index is 10.7. The third-order valence-corrected chi connectivity index (χ3v) is 3.06. The summed E-state index contributed by atoms with van der Waals surface area (Å²) >= 11 is 0. The summed E-state index contributed by atoms with van der Waals surface area (Å²) in [6.45, 7) is 6.59. The zero-order chi connectivity index (χ0) is 11.3. The van der Waals surface area contributed by atoms with Crippen molar-refractivity contribution in [2.45, 2.75) is 40.0 Å². The van der Waals surface area contributed by atoms with Crippen LogP contribution in [0.2, 0.25) is 0 Å². The van der Waals surface area contributed by atoms with Gasteiger partial charge in [-0.1, -0.05) is 23.3 Å². The van der Waals surface area contributed by atoms with Crippen molar-refractivity contribution in [2.75, 3.05) is 6.54 Å². The minimum absolute atomic E-state index is 0.0402. The minimum Gasteiger partial charge on any atom is -0.353 e. The second-order valence-corrected chi connectivity index (χ2v) is 4.41. The van der Waals surface area contributed by atoms with Crippen LogP contribution in [0.4, 0.5) is 0 Å². The van der Waals surface area contributed by atoms with Crippen molar-refractivity contribution in [3.8, 4) is 0 Å². The highest BCUT2D eigenvalue weighted by Gasteiger charge is 2.13. The Balaban J connectivity index is 2.39. The van der Waals surface area contributed by atoms with Gasteiger partial charge in [0.1, 0.15) is 0 Å². The highest BCUT2D eigenvalue weighted by molar-refractivity contribution is 5.72. The Bertz CT molecular complexity index is 289. The van der Waals surface area contributed by atoms with Crippen LogP contribution < -0.4 is 5.32 Å². The van der Waals surface area contributed by atoms with Crippen LogP contribution in [-0.2, 0) is 4.79 Å². The SMILES string of the molecule is CC(=O)NC/C=C(\C)C1CC=C(C)CC1. The third-order valence-electron chi connectivity index (χ3n) is 3.06. The minimum atomic E-state index is 0.0402. The van der Waals surface area contributed by atoms with E-state index in [9.17, 15) is 4.79 Å². The normalized spacial score (nSPS) is 22.2. The van der Waals surface area contributed by atoms with Crippen LogP contribution in [0.15, 0.2) is 23.3 Å². The topological polar surface area (TPSA) is 29.1 Å². The first-order valence-electron chi connectivity index (χ1n) is 5.66. The summed E-state index contributed by atoms with van der Waals surface area (Å²) in [7, 11) is 0. The third kappa shape index (κ3) is 4.32. The van der Waals surface area contributed by atoms with Gasteiger partial charge in [-0.15, -0.1) is 0 Å². The van der Waals surface area contributed by atoms with Crippen molar-refractivity contribution in [3.05, 3.63) is 23.3 Å². The molecule has 0 saturated heterocycles. The standard InChI is InChI=1S/C13H21NO/c1-10-4-6-13(7-5-10)11(2)8-9-14-12(3)15/h4,8,13H,5-7,9H2,1-3H3,(H,14,15)/b11-8+. The Labute approximate surface area is 92.4 Å². The molecule has 0 aromatic heterocycles. The first-order valence-corrected chi connectivity index (χ1v) is 5.66. The number of nitrogens with one attached hydrogen (secondary N) is 1. The Morgan fingerprint density at radius 3 is 2.87 bits per heavy atom. The molecule has 0 fully saturated rings. The van der Waals surface area contributed by atoms with E-state index in [0.717, 1.165) is 6.42 Å². The summed E-state index contributed by atoms with van der Waals surface area (Å²) in [6, 6.07) is 0. The Morgan fingerprint density at radius 2 is 2.33 bits per heavy atom. The molecule has 0 radical (unpaired) electrons. The van der Waals surface area contributed by atoms with E-state index in [-0.39, 0.29) is 5.91 Å². The van der Waals surface area contributed by atoms with E-state index in [1.54, 1.807) is 6.92 Å². The summed E-state index contributed by atoms with van der Waals surface area (Å²) in [6.07, 6.45) is 8.11. The number of carbonyl (C=O) groups excluding carboxylic acids is 1. The van der Waals surface area contributed by atoms with Crippen LogP contribution in [0, 0.1) is 5.92 Å². The van der Waals surface area contributed by atoms with Crippen molar-refractivity contribution >= 4 is 5.91 Å². The number of rotatable bonds is 3. The predicted molar refractivity (Wildman–Crippen MR) is 63.5 cm³/mol. The lowest BCUT2D eigenvalue weighted by atomic mass is 9.85. The summed E-state index contributed by atoms with van der Waals surface area (Å²) in [5, 5.41) is 2.79. The lowest BCUT2D eigenvalue weighted by Crippen LogP contribution is -2.20. The van der Waals surface area contributed by atoms with Gasteiger partial charge >= 0.3 is 0 Å². The number of allylic oxidation sites excluding steroid dienone is 3. The smallest absolute Gasteiger partial charge is 0.217 e. The van der Waals surface area contributed by atoms with Gasteiger partial charge < -0.3 is 5.32 Å². The van der Waals surface area contributed by atoms with E-state index in [2.05, 4.69) is 31.3 Å². The quantitative estimate of drug-likeness (QED) is 0.708. The second kappa shape index (κ2) is 5.74. The van der Waals surface area contributed by atoms with E-state index < -0.39 is 0 Å². The first kappa shape index (κ1) is 12.0. The number of hydrogen-bond acceptors (Lipinski definition) is 1. The molecule has 0 aromatic rings. The summed E-state index contributed by atoms with van der Waals surface area (Å²) < 4.78 is 0. The predicted octanol–water partition coefficient (Wildman–Crippen LogP) is 2.82. The molecule has 0 aromatic carbocycles. The summed E-state index contributed by atoms with van der Waals surface area (Å²) in [4.78, 5) is 10.7. The summed E-state index contributed by atoms with van der Waals surface area (Å²) in [5.74, 6) is 0.723. The Hall–Kier alpha value is -1.05.